The number of nitriles is 1. The third-order valence-electron chi connectivity index (χ3n) is 11.3. The first kappa shape index (κ1) is 35.1. The maximum absolute atomic E-state index is 14.8. The second-order valence-corrected chi connectivity index (χ2v) is 14.9. The van der Waals surface area contributed by atoms with Crippen LogP contribution in [0.3, 0.4) is 0 Å². The minimum Gasteiger partial charge on any atom is -0.308 e. The molecule has 0 N–H and O–H groups in total. The fraction of sp³-hybridized carbons (Fsp3) is 0.0577. The number of halogens is 3. The SMILES string of the molecule is Cc1ccc(-c2ccc3c(c2)c2ccccc2n3-c2cc(-c3ccccc3C(F)(F)F)cc(-n3c4ccccc4c4cc(-c5ccc(C)cc5)ccc43)c2C#N)cc1. The monoisotopic (exact) mass is 757 g/mol. The molecule has 0 radical (unpaired) electrons. The number of aryl methyl sites for hydroxylation is 2. The second kappa shape index (κ2) is 13.4. The number of hydrogen-bond donors (Lipinski definition) is 0. The van der Waals surface area contributed by atoms with Gasteiger partial charge in [-0.1, -0.05) is 126 Å². The number of fused-ring (bicyclic) bond motifs is 6. The molecule has 0 aliphatic carbocycles. The number of alkyl halides is 3. The predicted molar refractivity (Wildman–Crippen MR) is 231 cm³/mol. The topological polar surface area (TPSA) is 33.6 Å². The summed E-state index contributed by atoms with van der Waals surface area (Å²) in [5.74, 6) is 0. The van der Waals surface area contributed by atoms with Crippen molar-refractivity contribution >= 4 is 43.6 Å². The maximum atomic E-state index is 14.8. The first-order chi connectivity index (χ1) is 28.2. The van der Waals surface area contributed by atoms with Crippen LogP contribution in [0, 0.1) is 25.2 Å². The van der Waals surface area contributed by atoms with E-state index in [1.807, 2.05) is 45.5 Å². The maximum Gasteiger partial charge on any atom is 0.417 e. The fourth-order valence-corrected chi connectivity index (χ4v) is 8.53. The normalized spacial score (nSPS) is 11.9. The van der Waals surface area contributed by atoms with E-state index in [2.05, 4.69) is 117 Å². The van der Waals surface area contributed by atoms with Gasteiger partial charge in [0.1, 0.15) is 11.6 Å². The van der Waals surface area contributed by atoms with E-state index in [0.29, 0.717) is 22.5 Å². The molecule has 6 heteroatoms. The molecule has 2 aromatic heterocycles. The summed E-state index contributed by atoms with van der Waals surface area (Å²) >= 11 is 0. The van der Waals surface area contributed by atoms with Crippen LogP contribution in [0.15, 0.2) is 170 Å². The molecule has 10 aromatic rings. The van der Waals surface area contributed by atoms with Crippen LogP contribution < -0.4 is 0 Å². The van der Waals surface area contributed by atoms with Gasteiger partial charge in [-0.15, -0.1) is 0 Å². The number of aromatic nitrogens is 2. The summed E-state index contributed by atoms with van der Waals surface area (Å²) in [6.07, 6.45) is -4.61. The molecular formula is C52H34F3N3. The summed E-state index contributed by atoms with van der Waals surface area (Å²) in [6, 6.07) is 57.0. The van der Waals surface area contributed by atoms with Gasteiger partial charge in [-0.2, -0.15) is 18.4 Å². The number of benzene rings is 8. The summed E-state index contributed by atoms with van der Waals surface area (Å²) in [5, 5.41) is 15.2. The second-order valence-electron chi connectivity index (χ2n) is 14.9. The lowest BCUT2D eigenvalue weighted by Crippen LogP contribution is -2.09. The van der Waals surface area contributed by atoms with Gasteiger partial charge in [-0.3, -0.25) is 0 Å². The minimum atomic E-state index is -4.61. The molecular weight excluding hydrogens is 724 g/mol. The van der Waals surface area contributed by atoms with E-state index in [4.69, 9.17) is 0 Å². The van der Waals surface area contributed by atoms with Gasteiger partial charge in [0, 0.05) is 21.5 Å². The lowest BCUT2D eigenvalue weighted by atomic mass is 9.96. The van der Waals surface area contributed by atoms with E-state index >= 15 is 0 Å². The lowest BCUT2D eigenvalue weighted by molar-refractivity contribution is -0.137. The first-order valence-electron chi connectivity index (χ1n) is 19.1. The Kier molecular flexibility index (Phi) is 8.10. The van der Waals surface area contributed by atoms with Crippen LogP contribution in [0.5, 0.6) is 0 Å². The van der Waals surface area contributed by atoms with Gasteiger partial charge >= 0.3 is 6.18 Å². The van der Waals surface area contributed by atoms with Crippen LogP contribution in [0.4, 0.5) is 13.2 Å². The lowest BCUT2D eigenvalue weighted by Gasteiger charge is -2.20. The Bertz CT molecular complexity index is 3100. The molecule has 0 bridgehead atoms. The molecule has 0 aliphatic rings. The smallest absolute Gasteiger partial charge is 0.308 e. The van der Waals surface area contributed by atoms with Crippen LogP contribution in [-0.2, 0) is 6.18 Å². The van der Waals surface area contributed by atoms with Gasteiger partial charge in [0.2, 0.25) is 0 Å². The zero-order chi connectivity index (χ0) is 39.7. The van der Waals surface area contributed by atoms with Crippen LogP contribution >= 0.6 is 0 Å². The molecule has 0 aliphatic heterocycles. The van der Waals surface area contributed by atoms with Crippen molar-refractivity contribution in [2.75, 3.05) is 0 Å². The summed E-state index contributed by atoms with van der Waals surface area (Å²) in [4.78, 5) is 0. The molecule has 0 saturated heterocycles. The van der Waals surface area contributed by atoms with Crippen LogP contribution in [0.1, 0.15) is 22.3 Å². The van der Waals surface area contributed by atoms with Crippen molar-refractivity contribution in [2.45, 2.75) is 20.0 Å². The number of rotatable bonds is 5. The van der Waals surface area contributed by atoms with Gasteiger partial charge in [-0.05, 0) is 102 Å². The summed E-state index contributed by atoms with van der Waals surface area (Å²) in [6.45, 7) is 4.12. The molecule has 3 nitrogen and oxygen atoms in total. The summed E-state index contributed by atoms with van der Waals surface area (Å²) in [5.41, 5.74) is 10.9. The van der Waals surface area contributed by atoms with Gasteiger partial charge in [-0.25, -0.2) is 0 Å². The van der Waals surface area contributed by atoms with E-state index in [1.165, 1.54) is 23.3 Å². The Hall–Kier alpha value is -7.36. The van der Waals surface area contributed by atoms with Crippen LogP contribution in [-0.4, -0.2) is 9.13 Å². The van der Waals surface area contributed by atoms with Crippen LogP contribution in [0.2, 0.25) is 0 Å². The number of nitrogens with zero attached hydrogens (tertiary/aromatic N) is 3. The van der Waals surface area contributed by atoms with E-state index in [1.54, 1.807) is 18.2 Å². The molecule has 0 fully saturated rings. The van der Waals surface area contributed by atoms with E-state index in [9.17, 15) is 18.4 Å². The molecule has 0 amide bonds. The van der Waals surface area contributed by atoms with Crippen molar-refractivity contribution in [1.82, 2.24) is 9.13 Å². The standard InChI is InChI=1S/C52H34F3N3/c1-32-15-19-34(20-16-32)36-23-25-48-42(27-36)40-10-4-7-13-46(40)57(48)50-29-38(39-9-3-6-12-45(39)52(53,54)55)30-51(44(50)31-56)58-47-14-8-5-11-41(47)43-28-37(24-26-49(43)58)35-21-17-33(2)18-22-35/h3-30H,1-2H3. The summed E-state index contributed by atoms with van der Waals surface area (Å²) in [7, 11) is 0. The number of hydrogen-bond acceptors (Lipinski definition) is 1. The Labute approximate surface area is 333 Å². The van der Waals surface area contributed by atoms with Gasteiger partial charge < -0.3 is 9.13 Å². The molecule has 278 valence electrons. The quantitative estimate of drug-likeness (QED) is 0.172. The Morgan fingerprint density at radius 1 is 0.431 bits per heavy atom. The van der Waals surface area contributed by atoms with Crippen LogP contribution in [0.25, 0.3) is 88.4 Å². The third-order valence-corrected chi connectivity index (χ3v) is 11.3. The van der Waals surface area contributed by atoms with Crippen molar-refractivity contribution in [1.29, 1.82) is 5.26 Å². The molecule has 2 heterocycles. The largest absolute Gasteiger partial charge is 0.417 e. The molecule has 58 heavy (non-hydrogen) atoms. The third kappa shape index (κ3) is 5.66. The Morgan fingerprint density at radius 3 is 1.31 bits per heavy atom. The van der Waals surface area contributed by atoms with Crippen molar-refractivity contribution in [3.05, 3.63) is 192 Å². The van der Waals surface area contributed by atoms with E-state index in [0.717, 1.165) is 71.9 Å². The predicted octanol–water partition coefficient (Wildman–Crippen LogP) is 14.4. The number of para-hydroxylation sites is 2. The van der Waals surface area contributed by atoms with E-state index < -0.39 is 11.7 Å². The van der Waals surface area contributed by atoms with Crippen molar-refractivity contribution in [3.8, 4) is 50.8 Å². The molecule has 0 unspecified atom stereocenters. The average molecular weight is 758 g/mol. The van der Waals surface area contributed by atoms with E-state index in [-0.39, 0.29) is 5.56 Å². The van der Waals surface area contributed by atoms with Crippen molar-refractivity contribution in [3.63, 3.8) is 0 Å². The molecule has 0 atom stereocenters. The fourth-order valence-electron chi connectivity index (χ4n) is 8.53. The van der Waals surface area contributed by atoms with Gasteiger partial charge in [0.05, 0.1) is 39.0 Å². The van der Waals surface area contributed by atoms with Crippen molar-refractivity contribution in [2.24, 2.45) is 0 Å². The Balaban J connectivity index is 1.31. The highest BCUT2D eigenvalue weighted by atomic mass is 19.4. The van der Waals surface area contributed by atoms with Crippen molar-refractivity contribution < 1.29 is 13.2 Å². The highest BCUT2D eigenvalue weighted by molar-refractivity contribution is 6.12. The zero-order valence-corrected chi connectivity index (χ0v) is 31.6. The Morgan fingerprint density at radius 2 is 0.845 bits per heavy atom. The molecule has 8 aromatic carbocycles. The molecule has 0 spiro atoms. The first-order valence-corrected chi connectivity index (χ1v) is 19.1. The molecule has 10 rings (SSSR count). The van der Waals surface area contributed by atoms with Gasteiger partial charge in [0.25, 0.3) is 0 Å². The highest BCUT2D eigenvalue weighted by Crippen LogP contribution is 2.44. The summed E-state index contributed by atoms with van der Waals surface area (Å²) < 4.78 is 48.5. The average Bonchev–Trinajstić information content (AvgIpc) is 3.75. The van der Waals surface area contributed by atoms with Gasteiger partial charge in [0.15, 0.2) is 0 Å². The highest BCUT2D eigenvalue weighted by Gasteiger charge is 2.34. The zero-order valence-electron chi connectivity index (χ0n) is 31.6. The molecule has 0 saturated carbocycles. The minimum absolute atomic E-state index is 0.0341.